The topological polar surface area (TPSA) is 64.0 Å². The van der Waals surface area contributed by atoms with E-state index in [-0.39, 0.29) is 17.2 Å². The zero-order valence-electron chi connectivity index (χ0n) is 17.9. The average molecular weight is 450 g/mol. The van der Waals surface area contributed by atoms with Crippen molar-refractivity contribution in [3.63, 3.8) is 0 Å². The molecule has 0 atom stereocenters. The van der Waals surface area contributed by atoms with Crippen molar-refractivity contribution in [3.05, 3.63) is 80.5 Å². The van der Waals surface area contributed by atoms with Gasteiger partial charge < -0.3 is 5.32 Å². The van der Waals surface area contributed by atoms with Crippen molar-refractivity contribution in [2.45, 2.75) is 32.9 Å². The van der Waals surface area contributed by atoms with Crippen LogP contribution in [0.15, 0.2) is 57.8 Å². The molecule has 2 aromatic carbocycles. The molecule has 1 N–H and O–H groups in total. The number of nitrogens with zero attached hydrogens (tertiary/aromatic N) is 2. The lowest BCUT2D eigenvalue weighted by atomic mass is 10.1. The molecule has 0 unspecified atom stereocenters. The number of hydrogen-bond donors (Lipinski definition) is 1. The summed E-state index contributed by atoms with van der Waals surface area (Å²) in [4.78, 5) is 30.6. The van der Waals surface area contributed by atoms with Gasteiger partial charge in [0.2, 0.25) is 5.91 Å². The maximum absolute atomic E-state index is 13.3. The quantitative estimate of drug-likeness (QED) is 0.327. The molecule has 0 aliphatic heterocycles. The van der Waals surface area contributed by atoms with Gasteiger partial charge in [0, 0.05) is 5.69 Å². The van der Waals surface area contributed by atoms with E-state index in [4.69, 9.17) is 4.98 Å². The van der Waals surface area contributed by atoms with Crippen LogP contribution in [0, 0.1) is 27.7 Å². The van der Waals surface area contributed by atoms with Gasteiger partial charge in [0.05, 0.1) is 17.0 Å². The molecule has 0 bridgehead atoms. The van der Waals surface area contributed by atoms with Crippen molar-refractivity contribution in [3.8, 4) is 5.69 Å². The van der Waals surface area contributed by atoms with Gasteiger partial charge >= 0.3 is 0 Å². The lowest BCUT2D eigenvalue weighted by molar-refractivity contribution is -0.113. The predicted molar refractivity (Wildman–Crippen MR) is 130 cm³/mol. The first kappa shape index (κ1) is 21.3. The summed E-state index contributed by atoms with van der Waals surface area (Å²) in [5.74, 6) is 0.0226. The predicted octanol–water partition coefficient (Wildman–Crippen LogP) is 5.41. The SMILES string of the molecule is Cc1ccc(-n2c(SCC(=O)Nc3c(C)cccc3C)nc3ccsc3c2=O)cc1C. The molecular formula is C24H23N3O2S2. The van der Waals surface area contributed by atoms with Crippen LogP contribution < -0.4 is 10.9 Å². The Labute approximate surface area is 189 Å². The van der Waals surface area contributed by atoms with E-state index in [1.54, 1.807) is 4.57 Å². The van der Waals surface area contributed by atoms with Gasteiger partial charge in [-0.2, -0.15) is 0 Å². The van der Waals surface area contributed by atoms with E-state index in [1.165, 1.54) is 23.1 Å². The van der Waals surface area contributed by atoms with Crippen LogP contribution >= 0.6 is 23.1 Å². The Morgan fingerprint density at radius 3 is 2.48 bits per heavy atom. The average Bonchev–Trinajstić information content (AvgIpc) is 3.21. The summed E-state index contributed by atoms with van der Waals surface area (Å²) in [7, 11) is 0. The summed E-state index contributed by atoms with van der Waals surface area (Å²) in [5.41, 5.74) is 6.43. The Bertz CT molecular complexity index is 1330. The highest BCUT2D eigenvalue weighted by Gasteiger charge is 2.16. The van der Waals surface area contributed by atoms with Crippen molar-refractivity contribution < 1.29 is 4.79 Å². The molecule has 2 heterocycles. The Balaban J connectivity index is 1.67. The zero-order chi connectivity index (χ0) is 22.1. The molecule has 0 aliphatic carbocycles. The molecular weight excluding hydrogens is 426 g/mol. The first-order chi connectivity index (χ1) is 14.8. The number of benzene rings is 2. The van der Waals surface area contributed by atoms with Crippen LogP contribution in [-0.2, 0) is 4.79 Å². The van der Waals surface area contributed by atoms with Gasteiger partial charge in [-0.1, -0.05) is 36.0 Å². The second-order valence-electron chi connectivity index (χ2n) is 7.54. The number of fused-ring (bicyclic) bond motifs is 1. The molecule has 4 aromatic rings. The third kappa shape index (κ3) is 4.29. The van der Waals surface area contributed by atoms with E-state index in [0.717, 1.165) is 33.6 Å². The number of thioether (sulfide) groups is 1. The Hall–Kier alpha value is -2.90. The lowest BCUT2D eigenvalue weighted by Gasteiger charge is -2.14. The van der Waals surface area contributed by atoms with Crippen LogP contribution in [0.25, 0.3) is 15.9 Å². The van der Waals surface area contributed by atoms with Crippen LogP contribution in [-0.4, -0.2) is 21.2 Å². The number of nitrogens with one attached hydrogen (secondary N) is 1. The van der Waals surface area contributed by atoms with Crippen LogP contribution in [0.2, 0.25) is 0 Å². The molecule has 0 radical (unpaired) electrons. The maximum atomic E-state index is 13.3. The Kier molecular flexibility index (Phi) is 5.98. The molecule has 0 fully saturated rings. The second-order valence-corrected chi connectivity index (χ2v) is 9.40. The summed E-state index contributed by atoms with van der Waals surface area (Å²) in [5, 5.41) is 5.38. The first-order valence-corrected chi connectivity index (χ1v) is 11.8. The molecule has 0 spiro atoms. The molecule has 0 aliphatic rings. The fourth-order valence-corrected chi connectivity index (χ4v) is 4.97. The van der Waals surface area contributed by atoms with Gasteiger partial charge in [-0.05, 0) is 73.5 Å². The fraction of sp³-hybridized carbons (Fsp3) is 0.208. The molecule has 4 rings (SSSR count). The summed E-state index contributed by atoms with van der Waals surface area (Å²) in [6.07, 6.45) is 0. The minimum atomic E-state index is -0.131. The van der Waals surface area contributed by atoms with Gasteiger partial charge in [0.15, 0.2) is 5.16 Å². The lowest BCUT2D eigenvalue weighted by Crippen LogP contribution is -2.22. The number of aromatic nitrogens is 2. The summed E-state index contributed by atoms with van der Waals surface area (Å²) < 4.78 is 2.23. The number of rotatable bonds is 5. The van der Waals surface area contributed by atoms with Gasteiger partial charge in [0.1, 0.15) is 4.70 Å². The van der Waals surface area contributed by atoms with Crippen molar-refractivity contribution in [1.29, 1.82) is 0 Å². The highest BCUT2D eigenvalue weighted by molar-refractivity contribution is 7.99. The standard InChI is InChI=1S/C24H23N3O2S2/c1-14-8-9-18(12-17(14)4)27-23(29)22-19(10-11-30-22)25-24(27)31-13-20(28)26-21-15(2)6-5-7-16(21)3/h5-12H,13H2,1-4H3,(H,26,28). The Morgan fingerprint density at radius 2 is 1.77 bits per heavy atom. The summed E-state index contributed by atoms with van der Waals surface area (Å²) >= 11 is 2.65. The number of para-hydroxylation sites is 1. The third-order valence-corrected chi connectivity index (χ3v) is 7.11. The highest BCUT2D eigenvalue weighted by Crippen LogP contribution is 2.25. The number of thiophene rings is 1. The number of anilines is 1. The van der Waals surface area contributed by atoms with E-state index < -0.39 is 0 Å². The van der Waals surface area contributed by atoms with Crippen molar-refractivity contribution in [2.75, 3.05) is 11.1 Å². The van der Waals surface area contributed by atoms with Crippen molar-refractivity contribution in [2.24, 2.45) is 0 Å². The Morgan fingerprint density at radius 1 is 1.03 bits per heavy atom. The smallest absolute Gasteiger partial charge is 0.276 e. The number of hydrogen-bond acceptors (Lipinski definition) is 5. The van der Waals surface area contributed by atoms with Crippen LogP contribution in [0.4, 0.5) is 5.69 Å². The molecule has 1 amide bonds. The van der Waals surface area contributed by atoms with Crippen LogP contribution in [0.3, 0.4) is 0 Å². The molecule has 31 heavy (non-hydrogen) atoms. The molecule has 0 saturated carbocycles. The van der Waals surface area contributed by atoms with Crippen LogP contribution in [0.1, 0.15) is 22.3 Å². The van der Waals surface area contributed by atoms with E-state index in [9.17, 15) is 9.59 Å². The largest absolute Gasteiger partial charge is 0.325 e. The van der Waals surface area contributed by atoms with E-state index in [0.29, 0.717) is 15.4 Å². The fourth-order valence-electron chi connectivity index (χ4n) is 3.40. The molecule has 0 saturated heterocycles. The molecule has 5 nitrogen and oxygen atoms in total. The second kappa shape index (κ2) is 8.69. The molecule has 7 heteroatoms. The van der Waals surface area contributed by atoms with Crippen molar-refractivity contribution in [1.82, 2.24) is 9.55 Å². The summed E-state index contributed by atoms with van der Waals surface area (Å²) in [6.45, 7) is 8.00. The minimum absolute atomic E-state index is 0.110. The van der Waals surface area contributed by atoms with Gasteiger partial charge in [-0.15, -0.1) is 11.3 Å². The maximum Gasteiger partial charge on any atom is 0.276 e. The molecule has 158 valence electrons. The minimum Gasteiger partial charge on any atom is -0.325 e. The van der Waals surface area contributed by atoms with Crippen LogP contribution in [0.5, 0.6) is 0 Å². The van der Waals surface area contributed by atoms with Crippen molar-refractivity contribution >= 4 is 44.9 Å². The van der Waals surface area contributed by atoms with Gasteiger partial charge in [-0.25, -0.2) is 4.98 Å². The monoisotopic (exact) mass is 449 g/mol. The number of aryl methyl sites for hydroxylation is 4. The van der Waals surface area contributed by atoms with Gasteiger partial charge in [0.25, 0.3) is 5.56 Å². The number of carbonyl (C=O) groups is 1. The molecule has 2 aromatic heterocycles. The normalized spacial score (nSPS) is 11.1. The van der Waals surface area contributed by atoms with E-state index >= 15 is 0 Å². The summed E-state index contributed by atoms with van der Waals surface area (Å²) in [6, 6.07) is 13.7. The zero-order valence-corrected chi connectivity index (χ0v) is 19.5. The number of amides is 1. The first-order valence-electron chi connectivity index (χ1n) is 9.92. The number of carbonyl (C=O) groups excluding carboxylic acids is 1. The van der Waals surface area contributed by atoms with E-state index in [1.807, 2.05) is 75.5 Å². The highest BCUT2D eigenvalue weighted by atomic mass is 32.2. The third-order valence-electron chi connectivity index (χ3n) is 5.28. The van der Waals surface area contributed by atoms with E-state index in [2.05, 4.69) is 5.32 Å². The van der Waals surface area contributed by atoms with Gasteiger partial charge in [-0.3, -0.25) is 14.2 Å².